The number of hydrogen-bond donors (Lipinski definition) is 2. The highest BCUT2D eigenvalue weighted by Crippen LogP contribution is 2.28. The van der Waals surface area contributed by atoms with Gasteiger partial charge in [-0.25, -0.2) is 0 Å². The number of fused-ring (bicyclic) bond motifs is 1. The number of hydrogen-bond acceptors (Lipinski definition) is 4. The lowest BCUT2D eigenvalue weighted by atomic mass is 10.1. The molecule has 1 aromatic carbocycles. The van der Waals surface area contributed by atoms with E-state index in [1.165, 1.54) is 0 Å². The Bertz CT molecular complexity index is 598. The first kappa shape index (κ1) is 13.3. The minimum absolute atomic E-state index is 0.0575. The van der Waals surface area contributed by atoms with E-state index < -0.39 is 0 Å². The van der Waals surface area contributed by atoms with Crippen LogP contribution >= 0.6 is 0 Å². The fourth-order valence-electron chi connectivity index (χ4n) is 1.90. The van der Waals surface area contributed by atoms with Crippen molar-refractivity contribution in [3.8, 4) is 5.75 Å². The summed E-state index contributed by atoms with van der Waals surface area (Å²) < 4.78 is 10.9. The molecular formula is C14H17N3O2. The molecule has 0 aliphatic carbocycles. The SMILES string of the molecule is COCC(C)Oc1c(C(=N)N)cnc2ccccc12. The molecule has 1 aromatic heterocycles. The van der Waals surface area contributed by atoms with Crippen LogP contribution in [0.4, 0.5) is 0 Å². The number of aromatic nitrogens is 1. The molecule has 100 valence electrons. The summed E-state index contributed by atoms with van der Waals surface area (Å²) in [6.07, 6.45) is 1.44. The van der Waals surface area contributed by atoms with E-state index in [0.717, 1.165) is 10.9 Å². The van der Waals surface area contributed by atoms with Crippen LogP contribution in [0.15, 0.2) is 30.5 Å². The van der Waals surface area contributed by atoms with Gasteiger partial charge < -0.3 is 15.2 Å². The lowest BCUT2D eigenvalue weighted by molar-refractivity contribution is 0.0929. The minimum atomic E-state index is -0.131. The zero-order valence-electron chi connectivity index (χ0n) is 11.0. The summed E-state index contributed by atoms with van der Waals surface area (Å²) in [5, 5.41) is 8.47. The van der Waals surface area contributed by atoms with Gasteiger partial charge in [0.15, 0.2) is 0 Å². The molecule has 0 spiro atoms. The first-order valence-corrected chi connectivity index (χ1v) is 6.01. The number of nitrogen functional groups attached to an aromatic ring is 1. The zero-order valence-corrected chi connectivity index (χ0v) is 11.0. The van der Waals surface area contributed by atoms with Crippen LogP contribution in [0.25, 0.3) is 10.9 Å². The van der Waals surface area contributed by atoms with Crippen molar-refractivity contribution in [1.82, 2.24) is 4.98 Å². The second-order valence-corrected chi connectivity index (χ2v) is 4.32. The number of nitrogens with two attached hydrogens (primary N) is 1. The highest BCUT2D eigenvalue weighted by Gasteiger charge is 2.15. The minimum Gasteiger partial charge on any atom is -0.487 e. The molecule has 1 atom stereocenters. The van der Waals surface area contributed by atoms with Crippen molar-refractivity contribution < 1.29 is 9.47 Å². The first-order chi connectivity index (χ1) is 9.13. The van der Waals surface area contributed by atoms with Crippen molar-refractivity contribution in [1.29, 1.82) is 5.41 Å². The topological polar surface area (TPSA) is 81.2 Å². The summed E-state index contributed by atoms with van der Waals surface area (Å²) in [7, 11) is 1.62. The average molecular weight is 259 g/mol. The second-order valence-electron chi connectivity index (χ2n) is 4.32. The Morgan fingerprint density at radius 3 is 2.84 bits per heavy atom. The molecule has 5 nitrogen and oxygen atoms in total. The highest BCUT2D eigenvalue weighted by molar-refractivity contribution is 6.02. The van der Waals surface area contributed by atoms with E-state index >= 15 is 0 Å². The van der Waals surface area contributed by atoms with Gasteiger partial charge in [-0.1, -0.05) is 12.1 Å². The molecule has 0 aliphatic heterocycles. The molecule has 0 saturated heterocycles. The molecule has 1 unspecified atom stereocenters. The van der Waals surface area contributed by atoms with E-state index in [9.17, 15) is 0 Å². The number of methoxy groups -OCH3 is 1. The number of amidine groups is 1. The summed E-state index contributed by atoms with van der Waals surface area (Å²) in [4.78, 5) is 4.28. The number of pyridine rings is 1. The Morgan fingerprint density at radius 1 is 1.42 bits per heavy atom. The predicted molar refractivity (Wildman–Crippen MR) is 74.7 cm³/mol. The monoisotopic (exact) mass is 259 g/mol. The van der Waals surface area contributed by atoms with Crippen LogP contribution < -0.4 is 10.5 Å². The van der Waals surface area contributed by atoms with Crippen LogP contribution in [0.1, 0.15) is 12.5 Å². The fourth-order valence-corrected chi connectivity index (χ4v) is 1.90. The Labute approximate surface area is 111 Å². The van der Waals surface area contributed by atoms with Crippen LogP contribution in [0.5, 0.6) is 5.75 Å². The number of para-hydroxylation sites is 1. The smallest absolute Gasteiger partial charge is 0.141 e. The Morgan fingerprint density at radius 2 is 2.16 bits per heavy atom. The van der Waals surface area contributed by atoms with Crippen molar-refractivity contribution >= 4 is 16.7 Å². The first-order valence-electron chi connectivity index (χ1n) is 6.01. The van der Waals surface area contributed by atoms with Crippen LogP contribution in [0.2, 0.25) is 0 Å². The molecule has 2 aromatic rings. The van der Waals surface area contributed by atoms with E-state index in [1.807, 2.05) is 31.2 Å². The second kappa shape index (κ2) is 5.67. The number of rotatable bonds is 5. The van der Waals surface area contributed by atoms with E-state index in [2.05, 4.69) is 4.98 Å². The van der Waals surface area contributed by atoms with Gasteiger partial charge in [-0.15, -0.1) is 0 Å². The molecule has 3 N–H and O–H groups in total. The molecule has 0 radical (unpaired) electrons. The Hall–Kier alpha value is -2.14. The van der Waals surface area contributed by atoms with Crippen LogP contribution in [0.3, 0.4) is 0 Å². The molecule has 2 rings (SSSR count). The maximum Gasteiger partial charge on any atom is 0.141 e. The third kappa shape index (κ3) is 2.82. The summed E-state index contributed by atoms with van der Waals surface area (Å²) in [6.45, 7) is 2.37. The molecule has 0 aliphatic rings. The molecule has 0 fully saturated rings. The lowest BCUT2D eigenvalue weighted by Crippen LogP contribution is -2.21. The van der Waals surface area contributed by atoms with Crippen molar-refractivity contribution in [3.63, 3.8) is 0 Å². The molecule has 19 heavy (non-hydrogen) atoms. The summed E-state index contributed by atoms with van der Waals surface area (Å²) in [6, 6.07) is 7.61. The number of nitrogens with one attached hydrogen (secondary N) is 1. The van der Waals surface area contributed by atoms with Gasteiger partial charge >= 0.3 is 0 Å². The average Bonchev–Trinajstić information content (AvgIpc) is 2.39. The number of nitrogens with zero attached hydrogens (tertiary/aromatic N) is 1. The van der Waals surface area contributed by atoms with Gasteiger partial charge in [0.2, 0.25) is 0 Å². The Kier molecular flexibility index (Phi) is 3.97. The standard InChI is InChI=1S/C14H17N3O2/c1-9(8-18-2)19-13-10-5-3-4-6-12(10)17-7-11(13)14(15)16/h3-7,9H,8H2,1-2H3,(H3,15,16). The van der Waals surface area contributed by atoms with Gasteiger partial charge in [0.1, 0.15) is 17.7 Å². The Balaban J connectivity index is 2.52. The van der Waals surface area contributed by atoms with Gasteiger partial charge in [-0.3, -0.25) is 10.4 Å². The van der Waals surface area contributed by atoms with Crippen LogP contribution in [0, 0.1) is 5.41 Å². The zero-order chi connectivity index (χ0) is 13.8. The quantitative estimate of drug-likeness (QED) is 0.635. The van der Waals surface area contributed by atoms with E-state index in [4.69, 9.17) is 20.6 Å². The van der Waals surface area contributed by atoms with Gasteiger partial charge in [-0.2, -0.15) is 0 Å². The van der Waals surface area contributed by atoms with Gasteiger partial charge in [0.25, 0.3) is 0 Å². The van der Waals surface area contributed by atoms with Crippen molar-refractivity contribution in [2.75, 3.05) is 13.7 Å². The van der Waals surface area contributed by atoms with Crippen molar-refractivity contribution in [2.24, 2.45) is 5.73 Å². The summed E-state index contributed by atoms with van der Waals surface area (Å²) >= 11 is 0. The fraction of sp³-hybridized carbons (Fsp3) is 0.286. The van der Waals surface area contributed by atoms with Gasteiger partial charge in [0.05, 0.1) is 17.7 Å². The third-order valence-corrected chi connectivity index (χ3v) is 2.74. The van der Waals surface area contributed by atoms with Gasteiger partial charge in [0, 0.05) is 18.7 Å². The highest BCUT2D eigenvalue weighted by atomic mass is 16.5. The largest absolute Gasteiger partial charge is 0.487 e. The molecule has 0 saturated carbocycles. The summed E-state index contributed by atoms with van der Waals surface area (Å²) in [5.74, 6) is 0.528. The van der Waals surface area contributed by atoms with Crippen molar-refractivity contribution in [2.45, 2.75) is 13.0 Å². The number of ether oxygens (including phenoxy) is 2. The molecular weight excluding hydrogens is 242 g/mol. The van der Waals surface area contributed by atoms with E-state index in [1.54, 1.807) is 13.3 Å². The van der Waals surface area contributed by atoms with Crippen LogP contribution in [-0.2, 0) is 4.74 Å². The molecule has 0 bridgehead atoms. The predicted octanol–water partition coefficient (Wildman–Crippen LogP) is 1.93. The molecule has 0 amide bonds. The normalized spacial score (nSPS) is 12.3. The number of benzene rings is 1. The maximum absolute atomic E-state index is 7.62. The molecule has 5 heteroatoms. The van der Waals surface area contributed by atoms with Gasteiger partial charge in [-0.05, 0) is 19.1 Å². The summed E-state index contributed by atoms with van der Waals surface area (Å²) in [5.41, 5.74) is 6.90. The van der Waals surface area contributed by atoms with Crippen LogP contribution in [-0.4, -0.2) is 30.6 Å². The lowest BCUT2D eigenvalue weighted by Gasteiger charge is -2.18. The molecule has 1 heterocycles. The van der Waals surface area contributed by atoms with E-state index in [0.29, 0.717) is 17.9 Å². The van der Waals surface area contributed by atoms with E-state index in [-0.39, 0.29) is 11.9 Å². The maximum atomic E-state index is 7.62. The third-order valence-electron chi connectivity index (χ3n) is 2.74. The van der Waals surface area contributed by atoms with Crippen molar-refractivity contribution in [3.05, 3.63) is 36.0 Å².